The van der Waals surface area contributed by atoms with Gasteiger partial charge < -0.3 is 15.0 Å². The van der Waals surface area contributed by atoms with Gasteiger partial charge in [0.15, 0.2) is 11.0 Å². The highest BCUT2D eigenvalue weighted by Gasteiger charge is 2.49. The number of halogens is 3. The molecule has 0 radical (unpaired) electrons. The number of nitrogens with one attached hydrogen (secondary N) is 1. The van der Waals surface area contributed by atoms with Crippen LogP contribution in [0, 0.1) is 5.82 Å². The average Bonchev–Trinajstić information content (AvgIpc) is 3.24. The Labute approximate surface area is 191 Å². The first kappa shape index (κ1) is 22.0. The molecule has 0 spiro atoms. The molecule has 3 aliphatic rings. The molecule has 1 aliphatic carbocycles. The van der Waals surface area contributed by atoms with E-state index in [1.807, 2.05) is 0 Å². The fourth-order valence-corrected chi connectivity index (χ4v) is 5.61. The smallest absolute Gasteiger partial charge is 0.319 e. The second-order valence-electron chi connectivity index (χ2n) is 9.67. The SMILES string of the molecule is CN(C)C1(CNc2nc(OC[C@]34CCCN3C[C@@H](F)C4)nc3c(F)c(Cl)ncc23)CCC1. The molecule has 3 fully saturated rings. The summed E-state index contributed by atoms with van der Waals surface area (Å²) < 4.78 is 34.9. The summed E-state index contributed by atoms with van der Waals surface area (Å²) in [4.78, 5) is 17.2. The molecule has 0 aromatic carbocycles. The van der Waals surface area contributed by atoms with Gasteiger partial charge in [-0.2, -0.15) is 9.97 Å². The van der Waals surface area contributed by atoms with Crippen molar-refractivity contribution in [3.05, 3.63) is 17.2 Å². The van der Waals surface area contributed by atoms with E-state index in [-0.39, 0.29) is 34.4 Å². The third-order valence-corrected chi connectivity index (χ3v) is 7.93. The topological polar surface area (TPSA) is 66.4 Å². The third-order valence-electron chi connectivity index (χ3n) is 7.67. The Morgan fingerprint density at radius 1 is 1.28 bits per heavy atom. The van der Waals surface area contributed by atoms with Crippen LogP contribution in [0.4, 0.5) is 14.6 Å². The van der Waals surface area contributed by atoms with Crippen LogP contribution in [0.1, 0.15) is 38.5 Å². The first-order valence-corrected chi connectivity index (χ1v) is 11.6. The summed E-state index contributed by atoms with van der Waals surface area (Å²) in [6.45, 7) is 2.26. The molecular formula is C22H29ClF2N6O. The lowest BCUT2D eigenvalue weighted by atomic mass is 9.75. The Morgan fingerprint density at radius 3 is 2.81 bits per heavy atom. The molecule has 7 nitrogen and oxygen atoms in total. The number of aromatic nitrogens is 3. The summed E-state index contributed by atoms with van der Waals surface area (Å²) in [6.07, 6.45) is 6.32. The van der Waals surface area contributed by atoms with Gasteiger partial charge in [0, 0.05) is 31.2 Å². The number of rotatable bonds is 7. The molecular weight excluding hydrogens is 438 g/mol. The lowest BCUT2D eigenvalue weighted by molar-refractivity contribution is 0.0738. The van der Waals surface area contributed by atoms with Crippen molar-refractivity contribution < 1.29 is 13.5 Å². The summed E-state index contributed by atoms with van der Waals surface area (Å²) in [5.41, 5.74) is -0.221. The Kier molecular flexibility index (Phi) is 5.62. The first-order chi connectivity index (χ1) is 15.3. The lowest BCUT2D eigenvalue weighted by Crippen LogP contribution is -2.54. The van der Waals surface area contributed by atoms with E-state index in [0.717, 1.165) is 32.2 Å². The molecule has 32 heavy (non-hydrogen) atoms. The largest absolute Gasteiger partial charge is 0.461 e. The molecule has 0 bridgehead atoms. The maximum absolute atomic E-state index is 14.8. The van der Waals surface area contributed by atoms with E-state index in [4.69, 9.17) is 16.3 Å². The van der Waals surface area contributed by atoms with Crippen LogP contribution in [0.2, 0.25) is 5.15 Å². The van der Waals surface area contributed by atoms with Crippen molar-refractivity contribution >= 4 is 28.3 Å². The van der Waals surface area contributed by atoms with E-state index in [2.05, 4.69) is 44.2 Å². The van der Waals surface area contributed by atoms with Crippen molar-refractivity contribution in [2.75, 3.05) is 45.7 Å². The minimum atomic E-state index is -0.847. The summed E-state index contributed by atoms with van der Waals surface area (Å²) in [5.74, 6) is -0.229. The zero-order chi connectivity index (χ0) is 22.5. The van der Waals surface area contributed by atoms with Gasteiger partial charge in [-0.1, -0.05) is 11.6 Å². The number of anilines is 1. The Hall–Kier alpha value is -1.84. The van der Waals surface area contributed by atoms with Gasteiger partial charge in [-0.05, 0) is 52.7 Å². The molecule has 2 aromatic rings. The van der Waals surface area contributed by atoms with E-state index in [1.165, 1.54) is 12.6 Å². The zero-order valence-corrected chi connectivity index (χ0v) is 19.3. The summed E-state index contributed by atoms with van der Waals surface area (Å²) in [5, 5.41) is 3.60. The molecule has 2 saturated heterocycles. The number of alkyl halides is 1. The summed E-state index contributed by atoms with van der Waals surface area (Å²) >= 11 is 5.92. The first-order valence-electron chi connectivity index (χ1n) is 11.3. The summed E-state index contributed by atoms with van der Waals surface area (Å²) in [7, 11) is 4.14. The van der Waals surface area contributed by atoms with Gasteiger partial charge in [-0.25, -0.2) is 13.8 Å². The van der Waals surface area contributed by atoms with E-state index in [1.54, 1.807) is 0 Å². The quantitative estimate of drug-likeness (QED) is 0.624. The van der Waals surface area contributed by atoms with Crippen LogP contribution in [0.25, 0.3) is 10.9 Å². The van der Waals surface area contributed by atoms with Crippen molar-refractivity contribution in [1.82, 2.24) is 24.8 Å². The standard InChI is InChI=1S/C22H29ClF2N6O/c1-30(2)21(5-3-6-21)12-27-19-15-10-26-18(23)16(25)17(15)28-20(29-19)32-13-22-7-4-8-31(22)11-14(24)9-22/h10,14H,3-9,11-13H2,1-2H3,(H,27,28,29)/t14-,22+/m0/s1. The van der Waals surface area contributed by atoms with Crippen LogP contribution in [0.5, 0.6) is 6.01 Å². The van der Waals surface area contributed by atoms with Gasteiger partial charge in [-0.3, -0.25) is 4.90 Å². The maximum atomic E-state index is 14.8. The van der Waals surface area contributed by atoms with Crippen molar-refractivity contribution in [2.24, 2.45) is 0 Å². The second kappa shape index (κ2) is 8.18. The molecule has 10 heteroatoms. The highest BCUT2D eigenvalue weighted by molar-refractivity contribution is 6.30. The fraction of sp³-hybridized carbons (Fsp3) is 0.682. The molecule has 5 rings (SSSR count). The highest BCUT2D eigenvalue weighted by Crippen LogP contribution is 2.41. The number of hydrogen-bond acceptors (Lipinski definition) is 7. The van der Waals surface area contributed by atoms with E-state index >= 15 is 0 Å². The minimum Gasteiger partial charge on any atom is -0.461 e. The van der Waals surface area contributed by atoms with Crippen molar-refractivity contribution in [2.45, 2.75) is 55.8 Å². The minimum absolute atomic E-state index is 0.0417. The van der Waals surface area contributed by atoms with Gasteiger partial charge in [-0.15, -0.1) is 0 Å². The Balaban J connectivity index is 1.43. The molecule has 1 N–H and O–H groups in total. The number of hydrogen-bond donors (Lipinski definition) is 1. The van der Waals surface area contributed by atoms with Crippen LogP contribution in [0.15, 0.2) is 6.20 Å². The van der Waals surface area contributed by atoms with Crippen LogP contribution < -0.4 is 10.1 Å². The number of ether oxygens (including phenoxy) is 1. The molecule has 2 atom stereocenters. The number of fused-ring (bicyclic) bond motifs is 2. The normalized spacial score (nSPS) is 27.0. The van der Waals surface area contributed by atoms with Gasteiger partial charge >= 0.3 is 6.01 Å². The molecule has 4 heterocycles. The van der Waals surface area contributed by atoms with E-state index in [0.29, 0.717) is 30.7 Å². The highest BCUT2D eigenvalue weighted by atomic mass is 35.5. The molecule has 2 aromatic heterocycles. The second-order valence-corrected chi connectivity index (χ2v) is 10.0. The zero-order valence-electron chi connectivity index (χ0n) is 18.5. The van der Waals surface area contributed by atoms with Crippen LogP contribution >= 0.6 is 11.6 Å². The predicted molar refractivity (Wildman–Crippen MR) is 120 cm³/mol. The van der Waals surface area contributed by atoms with E-state index < -0.39 is 12.0 Å². The molecule has 0 amide bonds. The number of likely N-dealkylation sites (N-methyl/N-ethyl adjacent to an activating group) is 1. The van der Waals surface area contributed by atoms with Crippen molar-refractivity contribution in [3.8, 4) is 6.01 Å². The fourth-order valence-electron chi connectivity index (χ4n) is 5.48. The molecule has 2 aliphatic heterocycles. The van der Waals surface area contributed by atoms with Crippen LogP contribution in [-0.2, 0) is 0 Å². The molecule has 1 saturated carbocycles. The summed E-state index contributed by atoms with van der Waals surface area (Å²) in [6, 6.07) is 0.0669. The molecule has 174 valence electrons. The van der Waals surface area contributed by atoms with Gasteiger partial charge in [0.05, 0.1) is 10.9 Å². The van der Waals surface area contributed by atoms with Crippen molar-refractivity contribution in [3.63, 3.8) is 0 Å². The van der Waals surface area contributed by atoms with Crippen LogP contribution in [0.3, 0.4) is 0 Å². The lowest BCUT2D eigenvalue weighted by Gasteiger charge is -2.47. The number of nitrogens with zero attached hydrogens (tertiary/aromatic N) is 5. The predicted octanol–water partition coefficient (Wildman–Crippen LogP) is 3.67. The maximum Gasteiger partial charge on any atom is 0.319 e. The van der Waals surface area contributed by atoms with Gasteiger partial charge in [0.1, 0.15) is 24.1 Å². The third kappa shape index (κ3) is 3.68. The van der Waals surface area contributed by atoms with Gasteiger partial charge in [0.25, 0.3) is 0 Å². The Morgan fingerprint density at radius 2 is 2.09 bits per heavy atom. The van der Waals surface area contributed by atoms with Gasteiger partial charge in [0.2, 0.25) is 0 Å². The number of pyridine rings is 1. The average molecular weight is 467 g/mol. The monoisotopic (exact) mass is 466 g/mol. The van der Waals surface area contributed by atoms with Crippen molar-refractivity contribution in [1.29, 1.82) is 0 Å². The Bertz CT molecular complexity index is 1020. The van der Waals surface area contributed by atoms with E-state index in [9.17, 15) is 8.78 Å². The van der Waals surface area contributed by atoms with Crippen LogP contribution in [-0.4, -0.2) is 82.3 Å². The molecule has 0 unspecified atom stereocenters.